The molecule has 0 bridgehead atoms. The van der Waals surface area contributed by atoms with Gasteiger partial charge in [0.05, 0.1) is 11.8 Å². The summed E-state index contributed by atoms with van der Waals surface area (Å²) < 4.78 is 11.9. The Morgan fingerprint density at radius 1 is 0.562 bits per heavy atom. The van der Waals surface area contributed by atoms with E-state index in [-0.39, 0.29) is 58.1 Å². The number of hydrogen-bond acceptors (Lipinski definition) is 6. The van der Waals surface area contributed by atoms with Crippen molar-refractivity contribution in [1.82, 2.24) is 10.6 Å². The van der Waals surface area contributed by atoms with E-state index in [1.54, 1.807) is 0 Å². The molecule has 6 heteroatoms. The van der Waals surface area contributed by atoms with Crippen LogP contribution in [-0.2, 0) is 19.1 Å². The molecule has 1 aliphatic carbocycles. The molecule has 0 atom stereocenters. The van der Waals surface area contributed by atoms with Crippen LogP contribution in [0.1, 0.15) is 107 Å². The number of nitrogens with one attached hydrogen (secondary N) is 2. The average molecular weight is 451 g/mol. The van der Waals surface area contributed by atoms with Gasteiger partial charge >= 0.3 is 11.9 Å². The monoisotopic (exact) mass is 450 g/mol. The van der Waals surface area contributed by atoms with Crippen LogP contribution in [0, 0.1) is 11.8 Å². The molecule has 2 aliphatic heterocycles. The highest BCUT2D eigenvalue weighted by molar-refractivity contribution is 5.75. The SMILES string of the molecule is CC1(C)CC(OC(=O)C2CCC(C(=O)OC3CC(C)(C)NC(C)(C)C3)CC2)CC(C)(C)N1. The van der Waals surface area contributed by atoms with Crippen LogP contribution in [0.25, 0.3) is 0 Å². The molecule has 0 amide bonds. The van der Waals surface area contributed by atoms with Crippen LogP contribution >= 0.6 is 0 Å². The van der Waals surface area contributed by atoms with Crippen LogP contribution in [0.3, 0.4) is 0 Å². The van der Waals surface area contributed by atoms with E-state index < -0.39 is 0 Å². The number of hydrogen-bond donors (Lipinski definition) is 2. The summed E-state index contributed by atoms with van der Waals surface area (Å²) in [5.74, 6) is -0.372. The van der Waals surface area contributed by atoms with Gasteiger partial charge in [0.2, 0.25) is 0 Å². The van der Waals surface area contributed by atoms with Gasteiger partial charge in [-0.1, -0.05) is 0 Å². The van der Waals surface area contributed by atoms with Crippen molar-refractivity contribution < 1.29 is 19.1 Å². The third-order valence-electron chi connectivity index (χ3n) is 7.26. The number of esters is 2. The molecule has 2 heterocycles. The van der Waals surface area contributed by atoms with Crippen molar-refractivity contribution in [2.24, 2.45) is 11.8 Å². The highest BCUT2D eigenvalue weighted by Crippen LogP contribution is 2.36. The molecule has 3 rings (SSSR count). The molecule has 32 heavy (non-hydrogen) atoms. The molecule has 3 fully saturated rings. The number of rotatable bonds is 4. The molecule has 2 saturated heterocycles. The van der Waals surface area contributed by atoms with E-state index in [9.17, 15) is 9.59 Å². The molecule has 0 aromatic rings. The smallest absolute Gasteiger partial charge is 0.309 e. The molecule has 2 N–H and O–H groups in total. The third-order valence-corrected chi connectivity index (χ3v) is 7.26. The normalized spacial score (nSPS) is 32.1. The Morgan fingerprint density at radius 2 is 0.812 bits per heavy atom. The fraction of sp³-hybridized carbons (Fsp3) is 0.923. The summed E-state index contributed by atoms with van der Waals surface area (Å²) in [4.78, 5) is 25.7. The molecule has 1 saturated carbocycles. The highest BCUT2D eigenvalue weighted by atomic mass is 16.5. The summed E-state index contributed by atoms with van der Waals surface area (Å²) >= 11 is 0. The van der Waals surface area contributed by atoms with Gasteiger partial charge in [0.15, 0.2) is 0 Å². The van der Waals surface area contributed by atoms with Gasteiger partial charge in [-0.05, 0) is 81.1 Å². The second-order valence-corrected chi connectivity index (χ2v) is 13.3. The van der Waals surface area contributed by atoms with Crippen LogP contribution < -0.4 is 10.6 Å². The predicted molar refractivity (Wildman–Crippen MR) is 126 cm³/mol. The zero-order valence-electron chi connectivity index (χ0n) is 21.6. The quantitative estimate of drug-likeness (QED) is 0.614. The first kappa shape index (κ1) is 25.5. The van der Waals surface area contributed by atoms with Gasteiger partial charge in [-0.25, -0.2) is 0 Å². The number of piperidine rings is 2. The third kappa shape index (κ3) is 6.93. The Balaban J connectivity index is 1.47. The largest absolute Gasteiger partial charge is 0.462 e. The fourth-order valence-electron chi connectivity index (χ4n) is 6.71. The molecule has 0 radical (unpaired) electrons. The van der Waals surface area contributed by atoms with Crippen molar-refractivity contribution in [3.05, 3.63) is 0 Å². The fourth-order valence-corrected chi connectivity index (χ4v) is 6.71. The van der Waals surface area contributed by atoms with Crippen LogP contribution in [-0.4, -0.2) is 46.3 Å². The number of carbonyl (C=O) groups is 2. The van der Waals surface area contributed by atoms with Gasteiger partial charge in [0.25, 0.3) is 0 Å². The summed E-state index contributed by atoms with van der Waals surface area (Å²) in [6.45, 7) is 17.3. The average Bonchev–Trinajstić information content (AvgIpc) is 2.56. The molecular weight excluding hydrogens is 404 g/mol. The molecule has 6 nitrogen and oxygen atoms in total. The van der Waals surface area contributed by atoms with E-state index >= 15 is 0 Å². The van der Waals surface area contributed by atoms with E-state index in [1.807, 2.05) is 0 Å². The Kier molecular flexibility index (Phi) is 7.09. The van der Waals surface area contributed by atoms with Crippen molar-refractivity contribution in [2.75, 3.05) is 0 Å². The van der Waals surface area contributed by atoms with Crippen molar-refractivity contribution in [2.45, 2.75) is 141 Å². The number of ether oxygens (including phenoxy) is 2. The van der Waals surface area contributed by atoms with Gasteiger partial charge in [-0.2, -0.15) is 0 Å². The molecule has 0 spiro atoms. The Labute approximate surface area is 194 Å². The van der Waals surface area contributed by atoms with Crippen LogP contribution in [0.4, 0.5) is 0 Å². The Bertz CT molecular complexity index is 613. The predicted octanol–water partition coefficient (Wildman–Crippen LogP) is 4.50. The molecule has 0 unspecified atom stereocenters. The van der Waals surface area contributed by atoms with E-state index in [0.29, 0.717) is 25.7 Å². The lowest BCUT2D eigenvalue weighted by molar-refractivity contribution is -0.165. The molecular formula is C26H46N2O4. The molecule has 0 aromatic carbocycles. The minimum absolute atomic E-state index is 0.0497. The summed E-state index contributed by atoms with van der Waals surface area (Å²) in [5.41, 5.74) is -0.199. The standard InChI is InChI=1S/C26H46N2O4/c1-23(2)13-19(14-24(3,4)27-23)31-21(29)17-9-11-18(12-10-17)22(30)32-20-15-25(5,6)28-26(7,8)16-20/h17-20,27-28H,9-16H2,1-8H3. The lowest BCUT2D eigenvalue weighted by Gasteiger charge is -2.46. The van der Waals surface area contributed by atoms with Crippen molar-refractivity contribution in [3.63, 3.8) is 0 Å². The van der Waals surface area contributed by atoms with Gasteiger partial charge in [-0.15, -0.1) is 0 Å². The minimum atomic E-state index is -0.100. The Morgan fingerprint density at radius 3 is 1.06 bits per heavy atom. The topological polar surface area (TPSA) is 76.7 Å². The maximum absolute atomic E-state index is 12.9. The van der Waals surface area contributed by atoms with Crippen molar-refractivity contribution >= 4 is 11.9 Å². The maximum Gasteiger partial charge on any atom is 0.309 e. The molecule has 0 aromatic heterocycles. The molecule has 3 aliphatic rings. The van der Waals surface area contributed by atoms with Crippen molar-refractivity contribution in [3.8, 4) is 0 Å². The second-order valence-electron chi connectivity index (χ2n) is 13.3. The second kappa shape index (κ2) is 8.90. The first-order valence-corrected chi connectivity index (χ1v) is 12.5. The van der Waals surface area contributed by atoms with Crippen molar-refractivity contribution in [1.29, 1.82) is 0 Å². The Hall–Kier alpha value is -1.14. The number of carbonyl (C=O) groups excluding carboxylic acids is 2. The zero-order chi connectivity index (χ0) is 23.9. The van der Waals surface area contributed by atoms with Crippen LogP contribution in [0.2, 0.25) is 0 Å². The van der Waals surface area contributed by atoms with Gasteiger partial charge in [-0.3, -0.25) is 9.59 Å². The van der Waals surface area contributed by atoms with Crippen LogP contribution in [0.5, 0.6) is 0 Å². The lowest BCUT2D eigenvalue weighted by Crippen LogP contribution is -2.60. The summed E-state index contributed by atoms with van der Waals surface area (Å²) in [6, 6.07) is 0. The van der Waals surface area contributed by atoms with Gasteiger partial charge in [0, 0.05) is 47.8 Å². The lowest BCUT2D eigenvalue weighted by atomic mass is 9.79. The van der Waals surface area contributed by atoms with Gasteiger partial charge in [0.1, 0.15) is 12.2 Å². The minimum Gasteiger partial charge on any atom is -0.462 e. The highest BCUT2D eigenvalue weighted by Gasteiger charge is 2.42. The van der Waals surface area contributed by atoms with Crippen LogP contribution in [0.15, 0.2) is 0 Å². The maximum atomic E-state index is 12.9. The van der Waals surface area contributed by atoms with E-state index in [1.165, 1.54) is 0 Å². The zero-order valence-corrected chi connectivity index (χ0v) is 21.6. The first-order valence-electron chi connectivity index (χ1n) is 12.5. The first-order chi connectivity index (χ1) is 14.5. The molecule has 184 valence electrons. The van der Waals surface area contributed by atoms with E-state index in [0.717, 1.165) is 25.7 Å². The van der Waals surface area contributed by atoms with Gasteiger partial charge < -0.3 is 20.1 Å². The summed E-state index contributed by atoms with van der Waals surface area (Å²) in [7, 11) is 0. The summed E-state index contributed by atoms with van der Waals surface area (Å²) in [6.07, 6.45) is 6.03. The van der Waals surface area contributed by atoms with E-state index in [2.05, 4.69) is 66.0 Å². The van der Waals surface area contributed by atoms with E-state index in [4.69, 9.17) is 9.47 Å². The summed E-state index contributed by atoms with van der Waals surface area (Å²) in [5, 5.41) is 7.26.